The number of alkyl halides is 3. The van der Waals surface area contributed by atoms with E-state index in [9.17, 15) is 17.6 Å². The molecule has 1 atom stereocenters. The van der Waals surface area contributed by atoms with E-state index in [0.717, 1.165) is 12.1 Å². The van der Waals surface area contributed by atoms with E-state index in [0.29, 0.717) is 26.2 Å². The van der Waals surface area contributed by atoms with Gasteiger partial charge in [-0.3, -0.25) is 4.90 Å². The fraction of sp³-hybridized carbons (Fsp3) is 0.625. The lowest BCUT2D eigenvalue weighted by molar-refractivity contribution is -0.139. The van der Waals surface area contributed by atoms with Crippen molar-refractivity contribution in [2.45, 2.75) is 33.0 Å². The maximum absolute atomic E-state index is 14.7. The van der Waals surface area contributed by atoms with Gasteiger partial charge in [0.05, 0.1) is 10.6 Å². The van der Waals surface area contributed by atoms with Crippen LogP contribution in [0, 0.1) is 11.2 Å². The summed E-state index contributed by atoms with van der Waals surface area (Å²) in [7, 11) is 0. The monoisotopic (exact) mass is 424 g/mol. The number of nitrogens with zero attached hydrogens (tertiary/aromatic N) is 1. The molecule has 1 saturated heterocycles. The molecule has 146 valence electrons. The quantitative estimate of drug-likeness (QED) is 0.644. The summed E-state index contributed by atoms with van der Waals surface area (Å²) in [4.78, 5) is 1.90. The summed E-state index contributed by atoms with van der Waals surface area (Å²) >= 11 is 5.80. The maximum Gasteiger partial charge on any atom is 0.416 e. The maximum atomic E-state index is 14.7. The highest BCUT2D eigenvalue weighted by molar-refractivity contribution is 6.30. The molecule has 0 radical (unpaired) electrons. The summed E-state index contributed by atoms with van der Waals surface area (Å²) in [6.07, 6.45) is -4.63. The molecule has 1 aliphatic rings. The SMILES string of the molecule is CC(C)(C)[C@@H](c1c(C(F)(F)F)ccc(Cl)c1F)N1CCNCC1.Cl.Cl. The normalized spacial score (nSPS) is 17.4. The van der Waals surface area contributed by atoms with Crippen LogP contribution < -0.4 is 5.32 Å². The van der Waals surface area contributed by atoms with Crippen molar-refractivity contribution >= 4 is 36.4 Å². The fourth-order valence-corrected chi connectivity index (χ4v) is 3.35. The molecule has 2 nitrogen and oxygen atoms in total. The lowest BCUT2D eigenvalue weighted by Crippen LogP contribution is -2.49. The third kappa shape index (κ3) is 5.60. The second kappa shape index (κ2) is 9.09. The van der Waals surface area contributed by atoms with Crippen LogP contribution in [0.5, 0.6) is 0 Å². The Morgan fingerprint density at radius 1 is 1.08 bits per heavy atom. The standard InChI is InChI=1S/C16H21ClF4N2.2ClH/c1-15(2,3)14(23-8-6-22-7-9-23)12-10(16(19,20)21)4-5-11(17)13(12)18;;/h4-5,14,22H,6-9H2,1-3H3;2*1H/t14-;;/m1../s1. The number of piperazine rings is 1. The molecule has 9 heteroatoms. The Kier molecular flexibility index (Phi) is 8.99. The highest BCUT2D eigenvalue weighted by atomic mass is 35.5. The van der Waals surface area contributed by atoms with Crippen LogP contribution in [0.15, 0.2) is 12.1 Å². The number of hydrogen-bond donors (Lipinski definition) is 1. The minimum atomic E-state index is -4.63. The molecule has 1 fully saturated rings. The molecule has 0 unspecified atom stereocenters. The smallest absolute Gasteiger partial charge is 0.314 e. The van der Waals surface area contributed by atoms with Gasteiger partial charge in [0.2, 0.25) is 0 Å². The molecule has 0 amide bonds. The van der Waals surface area contributed by atoms with E-state index in [2.05, 4.69) is 5.32 Å². The van der Waals surface area contributed by atoms with Crippen LogP contribution in [0.1, 0.15) is 37.9 Å². The molecule has 0 spiro atoms. The predicted octanol–water partition coefficient (Wildman–Crippen LogP) is 5.33. The molecule has 1 N–H and O–H groups in total. The van der Waals surface area contributed by atoms with Gasteiger partial charge in [-0.15, -0.1) is 24.8 Å². The minimum Gasteiger partial charge on any atom is -0.314 e. The van der Waals surface area contributed by atoms with Crippen LogP contribution in [-0.2, 0) is 6.18 Å². The van der Waals surface area contributed by atoms with E-state index in [1.165, 1.54) is 0 Å². The summed E-state index contributed by atoms with van der Waals surface area (Å²) in [6, 6.07) is 1.14. The molecule has 25 heavy (non-hydrogen) atoms. The van der Waals surface area contributed by atoms with E-state index in [1.807, 2.05) is 25.7 Å². The Balaban J connectivity index is 0.00000288. The molecular weight excluding hydrogens is 403 g/mol. The summed E-state index contributed by atoms with van der Waals surface area (Å²) in [5, 5.41) is 2.88. The van der Waals surface area contributed by atoms with Gasteiger partial charge < -0.3 is 5.32 Å². The zero-order valence-corrected chi connectivity index (χ0v) is 16.6. The third-order valence-electron chi connectivity index (χ3n) is 4.05. The second-order valence-corrected chi connectivity index (χ2v) is 7.28. The van der Waals surface area contributed by atoms with Gasteiger partial charge in [-0.25, -0.2) is 4.39 Å². The predicted molar refractivity (Wildman–Crippen MR) is 97.5 cm³/mol. The highest BCUT2D eigenvalue weighted by Crippen LogP contribution is 2.46. The van der Waals surface area contributed by atoms with E-state index < -0.39 is 29.0 Å². The second-order valence-electron chi connectivity index (χ2n) is 6.87. The molecule has 1 heterocycles. The van der Waals surface area contributed by atoms with E-state index in [1.54, 1.807) is 0 Å². The lowest BCUT2D eigenvalue weighted by atomic mass is 9.79. The molecular formula is C16H23Cl3F4N2. The van der Waals surface area contributed by atoms with Crippen LogP contribution in [0.2, 0.25) is 5.02 Å². The van der Waals surface area contributed by atoms with Crippen LogP contribution >= 0.6 is 36.4 Å². The molecule has 0 saturated carbocycles. The first-order chi connectivity index (χ1) is 10.5. The molecule has 1 aromatic carbocycles. The number of hydrogen-bond acceptors (Lipinski definition) is 2. The number of benzene rings is 1. The zero-order chi connectivity index (χ0) is 17.4. The zero-order valence-electron chi connectivity index (χ0n) is 14.2. The van der Waals surface area contributed by atoms with Crippen LogP contribution in [0.25, 0.3) is 0 Å². The van der Waals surface area contributed by atoms with Crippen molar-refractivity contribution in [2.24, 2.45) is 5.41 Å². The topological polar surface area (TPSA) is 15.3 Å². The molecule has 2 rings (SSSR count). The fourth-order valence-electron chi connectivity index (χ4n) is 3.18. The molecule has 1 aromatic rings. The van der Waals surface area contributed by atoms with Crippen molar-refractivity contribution in [3.05, 3.63) is 34.1 Å². The molecule has 0 aliphatic carbocycles. The number of rotatable bonds is 2. The van der Waals surface area contributed by atoms with Gasteiger partial charge >= 0.3 is 6.18 Å². The number of nitrogens with one attached hydrogen (secondary N) is 1. The van der Waals surface area contributed by atoms with Crippen molar-refractivity contribution < 1.29 is 17.6 Å². The summed E-state index contributed by atoms with van der Waals surface area (Å²) in [5.41, 5.74) is -1.87. The van der Waals surface area contributed by atoms with Crippen LogP contribution in [0.3, 0.4) is 0 Å². The van der Waals surface area contributed by atoms with E-state index in [-0.39, 0.29) is 35.4 Å². The largest absolute Gasteiger partial charge is 0.416 e. The first-order valence-electron chi connectivity index (χ1n) is 7.53. The molecule has 0 aromatic heterocycles. The Hall–Kier alpha value is -0.270. The van der Waals surface area contributed by atoms with E-state index in [4.69, 9.17) is 11.6 Å². The van der Waals surface area contributed by atoms with Gasteiger partial charge in [-0.05, 0) is 17.5 Å². The molecule has 1 aliphatic heterocycles. The average molecular weight is 426 g/mol. The first-order valence-corrected chi connectivity index (χ1v) is 7.91. The van der Waals surface area contributed by atoms with Gasteiger partial charge in [-0.1, -0.05) is 32.4 Å². The van der Waals surface area contributed by atoms with Gasteiger partial charge in [-0.2, -0.15) is 13.2 Å². The van der Waals surface area contributed by atoms with Crippen molar-refractivity contribution in [3.8, 4) is 0 Å². The number of halogens is 7. The van der Waals surface area contributed by atoms with Gasteiger partial charge in [0.25, 0.3) is 0 Å². The Morgan fingerprint density at radius 3 is 2.04 bits per heavy atom. The Morgan fingerprint density at radius 2 is 1.60 bits per heavy atom. The summed E-state index contributed by atoms with van der Waals surface area (Å²) < 4.78 is 55.0. The molecule has 0 bridgehead atoms. The Bertz CT molecular complexity index is 568. The van der Waals surface area contributed by atoms with Gasteiger partial charge in [0, 0.05) is 37.8 Å². The van der Waals surface area contributed by atoms with Crippen LogP contribution in [-0.4, -0.2) is 31.1 Å². The third-order valence-corrected chi connectivity index (χ3v) is 4.34. The van der Waals surface area contributed by atoms with Crippen molar-refractivity contribution in [3.63, 3.8) is 0 Å². The van der Waals surface area contributed by atoms with E-state index >= 15 is 0 Å². The highest BCUT2D eigenvalue weighted by Gasteiger charge is 2.43. The van der Waals surface area contributed by atoms with Crippen molar-refractivity contribution in [2.75, 3.05) is 26.2 Å². The summed E-state index contributed by atoms with van der Waals surface area (Å²) in [5.74, 6) is -0.972. The average Bonchev–Trinajstić information content (AvgIpc) is 2.42. The minimum absolute atomic E-state index is 0. The van der Waals surface area contributed by atoms with Gasteiger partial charge in [0.1, 0.15) is 5.82 Å². The van der Waals surface area contributed by atoms with Gasteiger partial charge in [0.15, 0.2) is 0 Å². The van der Waals surface area contributed by atoms with Crippen molar-refractivity contribution in [1.29, 1.82) is 0 Å². The van der Waals surface area contributed by atoms with Crippen molar-refractivity contribution in [1.82, 2.24) is 10.2 Å². The van der Waals surface area contributed by atoms with Crippen LogP contribution in [0.4, 0.5) is 17.6 Å². The summed E-state index contributed by atoms with van der Waals surface area (Å²) in [6.45, 7) is 7.91. The first kappa shape index (κ1) is 24.7. The lowest BCUT2D eigenvalue weighted by Gasteiger charge is -2.43. The Labute approximate surface area is 163 Å².